The summed E-state index contributed by atoms with van der Waals surface area (Å²) in [7, 11) is 0. The lowest BCUT2D eigenvalue weighted by Crippen LogP contribution is -2.41. The van der Waals surface area contributed by atoms with Gasteiger partial charge in [-0.2, -0.15) is 0 Å². The minimum absolute atomic E-state index is 0.0978. The van der Waals surface area contributed by atoms with Crippen molar-refractivity contribution in [1.82, 2.24) is 10.6 Å². The summed E-state index contributed by atoms with van der Waals surface area (Å²) in [4.78, 5) is 12.4. The quantitative estimate of drug-likeness (QED) is 0.855. The number of para-hydroxylation sites is 2. The zero-order valence-corrected chi connectivity index (χ0v) is 15.1. The highest BCUT2D eigenvalue weighted by atomic mass is 35.5. The molecule has 0 fully saturated rings. The van der Waals surface area contributed by atoms with E-state index >= 15 is 0 Å². The van der Waals surface area contributed by atoms with E-state index in [-0.39, 0.29) is 18.0 Å². The Bertz CT molecular complexity index is 811. The Balaban J connectivity index is 1.38. The first-order chi connectivity index (χ1) is 12.7. The Morgan fingerprint density at radius 1 is 1.04 bits per heavy atom. The summed E-state index contributed by atoms with van der Waals surface area (Å²) in [6.07, 6.45) is 1.62. The number of urea groups is 1. The van der Waals surface area contributed by atoms with E-state index in [0.29, 0.717) is 30.5 Å². The monoisotopic (exact) mass is 372 g/mol. The average molecular weight is 373 g/mol. The Labute approximate surface area is 157 Å². The molecule has 5 nitrogen and oxygen atoms in total. The van der Waals surface area contributed by atoms with Crippen LogP contribution in [0.5, 0.6) is 11.5 Å². The van der Waals surface area contributed by atoms with Crippen LogP contribution < -0.4 is 20.1 Å². The van der Waals surface area contributed by atoms with Gasteiger partial charge in [-0.25, -0.2) is 4.79 Å². The molecule has 2 aromatic carbocycles. The van der Waals surface area contributed by atoms with Gasteiger partial charge >= 0.3 is 6.03 Å². The van der Waals surface area contributed by atoms with Gasteiger partial charge in [-0.1, -0.05) is 41.9 Å². The molecule has 2 amide bonds. The van der Waals surface area contributed by atoms with Crippen molar-refractivity contribution in [2.75, 3.05) is 19.8 Å². The summed E-state index contributed by atoms with van der Waals surface area (Å²) in [6.45, 7) is 1.80. The molecule has 2 unspecified atom stereocenters. The van der Waals surface area contributed by atoms with Crippen molar-refractivity contribution >= 4 is 17.6 Å². The van der Waals surface area contributed by atoms with Crippen molar-refractivity contribution in [2.24, 2.45) is 0 Å². The van der Waals surface area contributed by atoms with Crippen molar-refractivity contribution in [3.8, 4) is 11.5 Å². The van der Waals surface area contributed by atoms with Crippen LogP contribution in [0.4, 0.5) is 4.79 Å². The van der Waals surface area contributed by atoms with E-state index in [1.165, 1.54) is 0 Å². The molecule has 26 heavy (non-hydrogen) atoms. The summed E-state index contributed by atoms with van der Waals surface area (Å²) in [5.74, 6) is 1.85. The number of ether oxygens (including phenoxy) is 2. The topological polar surface area (TPSA) is 59.6 Å². The maximum atomic E-state index is 12.4. The van der Waals surface area contributed by atoms with Gasteiger partial charge in [-0.15, -0.1) is 0 Å². The fourth-order valence-corrected chi connectivity index (χ4v) is 3.83. The molecule has 0 aromatic heterocycles. The number of carbonyl (C=O) groups is 1. The molecule has 4 rings (SSSR count). The van der Waals surface area contributed by atoms with Crippen molar-refractivity contribution in [3.05, 3.63) is 58.6 Å². The van der Waals surface area contributed by atoms with E-state index in [9.17, 15) is 4.79 Å². The number of halogens is 1. The molecular weight excluding hydrogens is 352 g/mol. The van der Waals surface area contributed by atoms with Gasteiger partial charge in [0.1, 0.15) is 11.5 Å². The van der Waals surface area contributed by atoms with Crippen LogP contribution >= 0.6 is 11.6 Å². The number of amides is 2. The first kappa shape index (κ1) is 17.0. The maximum absolute atomic E-state index is 12.4. The summed E-state index contributed by atoms with van der Waals surface area (Å²) < 4.78 is 11.3. The second kappa shape index (κ2) is 7.46. The number of nitrogens with one attached hydrogen (secondary N) is 2. The summed E-state index contributed by atoms with van der Waals surface area (Å²) in [6, 6.07) is 13.4. The predicted octanol–water partition coefficient (Wildman–Crippen LogP) is 4.03. The minimum Gasteiger partial charge on any atom is -0.493 e. The van der Waals surface area contributed by atoms with Gasteiger partial charge in [0.2, 0.25) is 0 Å². The number of hydrogen-bond donors (Lipinski definition) is 2. The van der Waals surface area contributed by atoms with Crippen LogP contribution in [0.3, 0.4) is 0 Å². The zero-order chi connectivity index (χ0) is 17.9. The van der Waals surface area contributed by atoms with E-state index < -0.39 is 0 Å². The second-order valence-corrected chi connectivity index (χ2v) is 6.98. The lowest BCUT2D eigenvalue weighted by molar-refractivity contribution is 0.220. The van der Waals surface area contributed by atoms with E-state index in [1.54, 1.807) is 6.07 Å². The Kier molecular flexibility index (Phi) is 4.89. The molecular formula is C20H21ClN2O3. The summed E-state index contributed by atoms with van der Waals surface area (Å²) in [5, 5.41) is 6.63. The van der Waals surface area contributed by atoms with Crippen molar-refractivity contribution in [1.29, 1.82) is 0 Å². The molecule has 2 aliphatic rings. The van der Waals surface area contributed by atoms with Crippen LogP contribution in [0.2, 0.25) is 5.02 Å². The number of hydrogen-bond acceptors (Lipinski definition) is 3. The normalized spacial score (nSPS) is 20.8. The number of carbonyl (C=O) groups excluding carboxylic acids is 1. The predicted molar refractivity (Wildman–Crippen MR) is 100 cm³/mol. The Hall–Kier alpha value is -2.40. The largest absolute Gasteiger partial charge is 0.493 e. The van der Waals surface area contributed by atoms with Gasteiger partial charge in [0, 0.05) is 24.4 Å². The van der Waals surface area contributed by atoms with Crippen LogP contribution in [0.15, 0.2) is 42.5 Å². The van der Waals surface area contributed by atoms with E-state index in [1.807, 2.05) is 30.3 Å². The Morgan fingerprint density at radius 2 is 1.85 bits per heavy atom. The first-order valence-corrected chi connectivity index (χ1v) is 9.27. The van der Waals surface area contributed by atoms with Gasteiger partial charge in [-0.05, 0) is 24.1 Å². The minimum atomic E-state index is -0.174. The molecule has 0 aliphatic carbocycles. The SMILES string of the molecule is O=C(NCC1CCOc2ccccc21)NC1CCOc2c(Cl)cccc21. The fourth-order valence-electron chi connectivity index (χ4n) is 3.59. The second-order valence-electron chi connectivity index (χ2n) is 6.57. The fraction of sp³-hybridized carbons (Fsp3) is 0.350. The molecule has 2 aromatic rings. The standard InChI is InChI=1S/C20H21ClN2O3/c21-16-6-3-5-15-17(9-11-26-19(15)16)23-20(24)22-12-13-8-10-25-18-7-2-1-4-14(13)18/h1-7,13,17H,8-12H2,(H2,22,23,24). The molecule has 2 atom stereocenters. The highest BCUT2D eigenvalue weighted by Gasteiger charge is 2.26. The van der Waals surface area contributed by atoms with Crippen LogP contribution in [0.25, 0.3) is 0 Å². The van der Waals surface area contributed by atoms with Crippen molar-refractivity contribution in [2.45, 2.75) is 24.8 Å². The van der Waals surface area contributed by atoms with Gasteiger partial charge in [0.15, 0.2) is 0 Å². The lowest BCUT2D eigenvalue weighted by atomic mass is 9.93. The molecule has 6 heteroatoms. The third-order valence-electron chi connectivity index (χ3n) is 4.92. The third kappa shape index (κ3) is 3.44. The lowest BCUT2D eigenvalue weighted by Gasteiger charge is -2.28. The maximum Gasteiger partial charge on any atom is 0.315 e. The van der Waals surface area contributed by atoms with Gasteiger partial charge in [0.05, 0.1) is 24.3 Å². The molecule has 2 aliphatic heterocycles. The number of benzene rings is 2. The van der Waals surface area contributed by atoms with Gasteiger partial charge in [0.25, 0.3) is 0 Å². The molecule has 0 radical (unpaired) electrons. The third-order valence-corrected chi connectivity index (χ3v) is 5.22. The highest BCUT2D eigenvalue weighted by molar-refractivity contribution is 6.32. The highest BCUT2D eigenvalue weighted by Crippen LogP contribution is 2.37. The van der Waals surface area contributed by atoms with Crippen molar-refractivity contribution in [3.63, 3.8) is 0 Å². The number of fused-ring (bicyclic) bond motifs is 2. The summed E-state index contributed by atoms with van der Waals surface area (Å²) in [5.41, 5.74) is 2.08. The van der Waals surface area contributed by atoms with Crippen LogP contribution in [-0.4, -0.2) is 25.8 Å². The first-order valence-electron chi connectivity index (χ1n) is 8.89. The zero-order valence-electron chi connectivity index (χ0n) is 14.3. The van der Waals surface area contributed by atoms with Crippen molar-refractivity contribution < 1.29 is 14.3 Å². The smallest absolute Gasteiger partial charge is 0.315 e. The molecule has 136 valence electrons. The van der Waals surface area contributed by atoms with Crippen LogP contribution in [0, 0.1) is 0 Å². The molecule has 0 saturated heterocycles. The van der Waals surface area contributed by atoms with Crippen LogP contribution in [-0.2, 0) is 0 Å². The molecule has 2 heterocycles. The molecule has 0 bridgehead atoms. The van der Waals surface area contributed by atoms with Gasteiger partial charge < -0.3 is 20.1 Å². The average Bonchev–Trinajstić information content (AvgIpc) is 2.67. The summed E-state index contributed by atoms with van der Waals surface area (Å²) >= 11 is 6.19. The van der Waals surface area contributed by atoms with E-state index in [2.05, 4.69) is 16.7 Å². The molecule has 0 spiro atoms. The van der Waals surface area contributed by atoms with E-state index in [4.69, 9.17) is 21.1 Å². The van der Waals surface area contributed by atoms with E-state index in [0.717, 1.165) is 29.7 Å². The molecule has 2 N–H and O–H groups in total. The van der Waals surface area contributed by atoms with Gasteiger partial charge in [-0.3, -0.25) is 0 Å². The number of rotatable bonds is 3. The van der Waals surface area contributed by atoms with Crippen LogP contribution in [0.1, 0.15) is 35.9 Å². The molecule has 0 saturated carbocycles. The Morgan fingerprint density at radius 3 is 2.77 bits per heavy atom.